The molecule has 0 aliphatic carbocycles. The number of ether oxygens (including phenoxy) is 1. The van der Waals surface area contributed by atoms with E-state index in [1.165, 1.54) is 0 Å². The Kier molecular flexibility index (Phi) is 6.68. The first-order valence-corrected chi connectivity index (χ1v) is 7.35. The van der Waals surface area contributed by atoms with Crippen molar-refractivity contribution in [1.29, 1.82) is 0 Å². The van der Waals surface area contributed by atoms with Gasteiger partial charge in [-0.15, -0.1) is 12.4 Å². The SMILES string of the molecule is CCOC(=O)C1CCCN(C(=O)c2cc(N)ccc2C)C1.Cl. The van der Waals surface area contributed by atoms with Crippen LogP contribution in [0.5, 0.6) is 0 Å². The summed E-state index contributed by atoms with van der Waals surface area (Å²) < 4.78 is 5.06. The number of amides is 1. The molecular weight excluding hydrogens is 304 g/mol. The molecule has 1 atom stereocenters. The molecule has 1 heterocycles. The van der Waals surface area contributed by atoms with Crippen molar-refractivity contribution in [3.05, 3.63) is 29.3 Å². The van der Waals surface area contributed by atoms with Crippen molar-refractivity contribution in [1.82, 2.24) is 4.90 Å². The summed E-state index contributed by atoms with van der Waals surface area (Å²) in [7, 11) is 0. The van der Waals surface area contributed by atoms with Gasteiger partial charge in [0.25, 0.3) is 5.91 Å². The van der Waals surface area contributed by atoms with E-state index in [1.54, 1.807) is 24.0 Å². The molecule has 1 amide bonds. The van der Waals surface area contributed by atoms with Crippen LogP contribution in [0.1, 0.15) is 35.7 Å². The maximum Gasteiger partial charge on any atom is 0.310 e. The van der Waals surface area contributed by atoms with Gasteiger partial charge in [0.2, 0.25) is 0 Å². The number of rotatable bonds is 3. The number of nitrogens with two attached hydrogens (primary N) is 1. The molecule has 1 fully saturated rings. The predicted octanol–water partition coefficient (Wildman–Crippen LogP) is 2.41. The normalized spacial score (nSPS) is 17.5. The number of hydrogen-bond donors (Lipinski definition) is 1. The number of benzene rings is 1. The molecule has 2 rings (SSSR count). The van der Waals surface area contributed by atoms with Crippen LogP contribution in [0, 0.1) is 12.8 Å². The summed E-state index contributed by atoms with van der Waals surface area (Å²) >= 11 is 0. The van der Waals surface area contributed by atoms with Crippen LogP contribution in [0.3, 0.4) is 0 Å². The van der Waals surface area contributed by atoms with Crippen LogP contribution in [0.25, 0.3) is 0 Å². The van der Waals surface area contributed by atoms with Crippen molar-refractivity contribution in [2.45, 2.75) is 26.7 Å². The van der Waals surface area contributed by atoms with Crippen LogP contribution in [0.2, 0.25) is 0 Å². The second kappa shape index (κ2) is 8.03. The van der Waals surface area contributed by atoms with Crippen molar-refractivity contribution in [3.8, 4) is 0 Å². The fourth-order valence-electron chi connectivity index (χ4n) is 2.65. The molecule has 0 radical (unpaired) electrons. The molecule has 5 nitrogen and oxygen atoms in total. The highest BCUT2D eigenvalue weighted by molar-refractivity contribution is 5.96. The Morgan fingerprint density at radius 2 is 2.14 bits per heavy atom. The quantitative estimate of drug-likeness (QED) is 0.684. The molecule has 122 valence electrons. The molecule has 6 heteroatoms. The predicted molar refractivity (Wildman–Crippen MR) is 88.1 cm³/mol. The number of carbonyl (C=O) groups is 2. The minimum absolute atomic E-state index is 0. The average molecular weight is 327 g/mol. The Balaban J connectivity index is 0.00000242. The zero-order valence-corrected chi connectivity index (χ0v) is 13.8. The Labute approximate surface area is 137 Å². The van der Waals surface area contributed by atoms with E-state index in [9.17, 15) is 9.59 Å². The smallest absolute Gasteiger partial charge is 0.310 e. The molecule has 0 saturated carbocycles. The first kappa shape index (κ1) is 18.3. The van der Waals surface area contributed by atoms with Gasteiger partial charge in [0.05, 0.1) is 12.5 Å². The van der Waals surface area contributed by atoms with Crippen molar-refractivity contribution in [3.63, 3.8) is 0 Å². The second-order valence-corrected chi connectivity index (χ2v) is 5.42. The van der Waals surface area contributed by atoms with Crippen LogP contribution >= 0.6 is 12.4 Å². The summed E-state index contributed by atoms with van der Waals surface area (Å²) in [5.74, 6) is -0.489. The number of piperidine rings is 1. The largest absolute Gasteiger partial charge is 0.466 e. The van der Waals surface area contributed by atoms with E-state index < -0.39 is 0 Å². The van der Waals surface area contributed by atoms with Gasteiger partial charge in [-0.2, -0.15) is 0 Å². The van der Waals surface area contributed by atoms with Gasteiger partial charge < -0.3 is 15.4 Å². The Morgan fingerprint density at radius 1 is 1.41 bits per heavy atom. The monoisotopic (exact) mass is 326 g/mol. The van der Waals surface area contributed by atoms with Gasteiger partial charge in [-0.05, 0) is 44.4 Å². The number of halogens is 1. The number of aryl methyl sites for hydroxylation is 1. The van der Waals surface area contributed by atoms with E-state index in [-0.39, 0.29) is 30.2 Å². The van der Waals surface area contributed by atoms with Gasteiger partial charge in [0.15, 0.2) is 0 Å². The van der Waals surface area contributed by atoms with Crippen molar-refractivity contribution in [2.75, 3.05) is 25.4 Å². The molecule has 1 aliphatic heterocycles. The van der Waals surface area contributed by atoms with Gasteiger partial charge in [-0.25, -0.2) is 0 Å². The fraction of sp³-hybridized carbons (Fsp3) is 0.500. The van der Waals surface area contributed by atoms with Gasteiger partial charge in [-0.1, -0.05) is 6.07 Å². The van der Waals surface area contributed by atoms with E-state index in [4.69, 9.17) is 10.5 Å². The molecule has 22 heavy (non-hydrogen) atoms. The van der Waals surface area contributed by atoms with E-state index in [1.807, 2.05) is 13.0 Å². The highest BCUT2D eigenvalue weighted by Gasteiger charge is 2.30. The summed E-state index contributed by atoms with van der Waals surface area (Å²) in [6.45, 7) is 5.14. The first-order valence-electron chi connectivity index (χ1n) is 7.35. The van der Waals surface area contributed by atoms with Crippen molar-refractivity contribution in [2.24, 2.45) is 5.92 Å². The summed E-state index contributed by atoms with van der Waals surface area (Å²) in [4.78, 5) is 26.2. The highest BCUT2D eigenvalue weighted by Crippen LogP contribution is 2.22. The maximum atomic E-state index is 12.6. The second-order valence-electron chi connectivity index (χ2n) is 5.42. The fourth-order valence-corrected chi connectivity index (χ4v) is 2.65. The molecule has 1 saturated heterocycles. The molecule has 0 bridgehead atoms. The first-order chi connectivity index (χ1) is 10.0. The summed E-state index contributed by atoms with van der Waals surface area (Å²) in [6.07, 6.45) is 1.59. The van der Waals surface area contributed by atoms with Crippen molar-refractivity contribution >= 4 is 30.0 Å². The van der Waals surface area contributed by atoms with E-state index >= 15 is 0 Å². The number of likely N-dealkylation sites (tertiary alicyclic amines) is 1. The molecule has 0 spiro atoms. The minimum atomic E-state index is -0.219. The van der Waals surface area contributed by atoms with E-state index in [2.05, 4.69) is 0 Å². The van der Waals surface area contributed by atoms with Crippen LogP contribution in [-0.2, 0) is 9.53 Å². The minimum Gasteiger partial charge on any atom is -0.466 e. The molecule has 1 aromatic carbocycles. The maximum absolute atomic E-state index is 12.6. The molecular formula is C16H23ClN2O3. The van der Waals surface area contributed by atoms with Crippen LogP contribution in [-0.4, -0.2) is 36.5 Å². The molecule has 1 aromatic rings. The standard InChI is InChI=1S/C16H22N2O3.ClH/c1-3-21-16(20)12-5-4-8-18(10-12)15(19)14-9-13(17)7-6-11(14)2;/h6-7,9,12H,3-5,8,10,17H2,1-2H3;1H. The van der Waals surface area contributed by atoms with E-state index in [0.29, 0.717) is 30.9 Å². The van der Waals surface area contributed by atoms with Crippen LogP contribution < -0.4 is 5.73 Å². The number of anilines is 1. The number of carbonyl (C=O) groups excluding carboxylic acids is 2. The van der Waals surface area contributed by atoms with Gasteiger partial charge in [0.1, 0.15) is 0 Å². The molecule has 1 unspecified atom stereocenters. The zero-order chi connectivity index (χ0) is 15.4. The topological polar surface area (TPSA) is 72.6 Å². The van der Waals surface area contributed by atoms with E-state index in [0.717, 1.165) is 18.4 Å². The third-order valence-corrected chi connectivity index (χ3v) is 3.82. The number of esters is 1. The lowest BCUT2D eigenvalue weighted by molar-refractivity contribution is -0.149. The zero-order valence-electron chi connectivity index (χ0n) is 13.0. The lowest BCUT2D eigenvalue weighted by Crippen LogP contribution is -2.43. The number of hydrogen-bond acceptors (Lipinski definition) is 4. The summed E-state index contributed by atoms with van der Waals surface area (Å²) in [5.41, 5.74) is 7.84. The highest BCUT2D eigenvalue weighted by atomic mass is 35.5. The van der Waals surface area contributed by atoms with Gasteiger partial charge in [0, 0.05) is 24.3 Å². The lowest BCUT2D eigenvalue weighted by Gasteiger charge is -2.32. The van der Waals surface area contributed by atoms with Crippen molar-refractivity contribution < 1.29 is 14.3 Å². The van der Waals surface area contributed by atoms with Crippen LogP contribution in [0.15, 0.2) is 18.2 Å². The Morgan fingerprint density at radius 3 is 2.82 bits per heavy atom. The molecule has 0 aromatic heterocycles. The summed E-state index contributed by atoms with van der Waals surface area (Å²) in [5, 5.41) is 0. The third kappa shape index (κ3) is 4.13. The number of nitrogens with zero attached hydrogens (tertiary/aromatic N) is 1. The summed E-state index contributed by atoms with van der Waals surface area (Å²) in [6, 6.07) is 5.32. The lowest BCUT2D eigenvalue weighted by atomic mass is 9.97. The van der Waals surface area contributed by atoms with Gasteiger partial charge in [-0.3, -0.25) is 9.59 Å². The molecule has 1 aliphatic rings. The third-order valence-electron chi connectivity index (χ3n) is 3.82. The van der Waals surface area contributed by atoms with Gasteiger partial charge >= 0.3 is 5.97 Å². The number of nitrogen functional groups attached to an aromatic ring is 1. The molecule has 2 N–H and O–H groups in total. The van der Waals surface area contributed by atoms with Crippen LogP contribution in [0.4, 0.5) is 5.69 Å². The average Bonchev–Trinajstić information content (AvgIpc) is 2.49. The Bertz CT molecular complexity index is 548. The Hall–Kier alpha value is -1.75.